The Bertz CT molecular complexity index is 1370. The fourth-order valence-corrected chi connectivity index (χ4v) is 4.21. The number of hydrogen-bond acceptors (Lipinski definition) is 6. The van der Waals surface area contributed by atoms with Crippen molar-refractivity contribution in [2.24, 2.45) is 0 Å². The van der Waals surface area contributed by atoms with Crippen LogP contribution < -0.4 is 0 Å². The van der Waals surface area contributed by atoms with Crippen LogP contribution in [0.4, 0.5) is 0 Å². The van der Waals surface area contributed by atoms with E-state index in [1.807, 2.05) is 41.6 Å². The molecule has 0 bridgehead atoms. The number of nitrogens with zero attached hydrogens (tertiary/aromatic N) is 6. The quantitative estimate of drug-likeness (QED) is 0.465. The van der Waals surface area contributed by atoms with Gasteiger partial charge in [-0.1, -0.05) is 0 Å². The summed E-state index contributed by atoms with van der Waals surface area (Å²) in [5.74, 6) is 0. The summed E-state index contributed by atoms with van der Waals surface area (Å²) in [6.07, 6.45) is 11.4. The van der Waals surface area contributed by atoms with Crippen molar-refractivity contribution in [3.05, 3.63) is 61.4 Å². The van der Waals surface area contributed by atoms with Crippen LogP contribution in [-0.2, 0) is 11.3 Å². The van der Waals surface area contributed by atoms with Gasteiger partial charge in [0.05, 0.1) is 43.4 Å². The fourth-order valence-electron chi connectivity index (χ4n) is 4.21. The Morgan fingerprint density at radius 2 is 1.84 bits per heavy atom. The first kappa shape index (κ1) is 19.1. The van der Waals surface area contributed by atoms with Gasteiger partial charge in [-0.25, -0.2) is 4.98 Å². The molecule has 0 amide bonds. The van der Waals surface area contributed by atoms with Crippen molar-refractivity contribution in [3.8, 4) is 22.4 Å². The summed E-state index contributed by atoms with van der Waals surface area (Å²) in [5, 5.41) is 6.74. The van der Waals surface area contributed by atoms with Crippen LogP contribution in [0.25, 0.3) is 44.3 Å². The van der Waals surface area contributed by atoms with Crippen molar-refractivity contribution in [3.63, 3.8) is 0 Å². The maximum Gasteiger partial charge on any atom is 0.138 e. The van der Waals surface area contributed by atoms with Crippen LogP contribution in [0.3, 0.4) is 0 Å². The second-order valence-electron chi connectivity index (χ2n) is 8.05. The summed E-state index contributed by atoms with van der Waals surface area (Å²) < 4.78 is 7.43. The molecule has 5 aromatic heterocycles. The van der Waals surface area contributed by atoms with E-state index in [4.69, 9.17) is 4.74 Å². The Hall–Kier alpha value is -3.62. The van der Waals surface area contributed by atoms with Gasteiger partial charge in [-0.15, -0.1) is 0 Å². The van der Waals surface area contributed by atoms with E-state index >= 15 is 0 Å². The predicted molar refractivity (Wildman–Crippen MR) is 123 cm³/mol. The molecule has 0 saturated carbocycles. The zero-order valence-corrected chi connectivity index (χ0v) is 17.6. The third-order valence-corrected chi connectivity index (χ3v) is 6.01. The molecule has 0 aromatic carbocycles. The van der Waals surface area contributed by atoms with Crippen LogP contribution in [-0.4, -0.2) is 67.5 Å². The molecule has 0 spiro atoms. The highest BCUT2D eigenvalue weighted by molar-refractivity contribution is 6.07. The number of nitrogens with one attached hydrogen (secondary N) is 1. The Morgan fingerprint density at radius 1 is 0.906 bits per heavy atom. The first-order valence-electron chi connectivity index (χ1n) is 10.8. The number of aromatic amines is 1. The SMILES string of the molecule is c1cncc(-c2cc3c(cn2)[nH]c2ncc(-c4cnn(CCN5CCOCC5)c4)cc23)c1. The average molecular weight is 425 g/mol. The number of pyridine rings is 3. The van der Waals surface area contributed by atoms with E-state index < -0.39 is 0 Å². The molecule has 1 fully saturated rings. The van der Waals surface area contributed by atoms with E-state index in [9.17, 15) is 0 Å². The van der Waals surface area contributed by atoms with Crippen LogP contribution >= 0.6 is 0 Å². The van der Waals surface area contributed by atoms with Crippen LogP contribution in [0.15, 0.2) is 61.4 Å². The lowest BCUT2D eigenvalue weighted by molar-refractivity contribution is 0.0360. The lowest BCUT2D eigenvalue weighted by Crippen LogP contribution is -2.38. The molecule has 0 unspecified atom stereocenters. The molecule has 8 nitrogen and oxygen atoms in total. The van der Waals surface area contributed by atoms with E-state index in [0.29, 0.717) is 0 Å². The highest BCUT2D eigenvalue weighted by Crippen LogP contribution is 2.30. The van der Waals surface area contributed by atoms with Gasteiger partial charge in [-0.3, -0.25) is 19.5 Å². The number of fused-ring (bicyclic) bond motifs is 3. The average Bonchev–Trinajstić information content (AvgIpc) is 3.48. The summed E-state index contributed by atoms with van der Waals surface area (Å²) in [7, 11) is 0. The van der Waals surface area contributed by atoms with Crippen molar-refractivity contribution in [1.29, 1.82) is 0 Å². The Morgan fingerprint density at radius 3 is 2.72 bits per heavy atom. The number of aromatic nitrogens is 6. The normalized spacial score (nSPS) is 15.0. The lowest BCUT2D eigenvalue weighted by atomic mass is 10.1. The van der Waals surface area contributed by atoms with Gasteiger partial charge < -0.3 is 9.72 Å². The summed E-state index contributed by atoms with van der Waals surface area (Å²) in [6.45, 7) is 5.46. The van der Waals surface area contributed by atoms with Crippen LogP contribution in [0.1, 0.15) is 0 Å². The Kier molecular flexibility index (Phi) is 4.86. The molecule has 160 valence electrons. The minimum Gasteiger partial charge on any atom is -0.379 e. The smallest absolute Gasteiger partial charge is 0.138 e. The van der Waals surface area contributed by atoms with E-state index in [2.05, 4.69) is 48.3 Å². The molecule has 0 aliphatic carbocycles. The molecular formula is C24H23N7O. The highest BCUT2D eigenvalue weighted by atomic mass is 16.5. The van der Waals surface area contributed by atoms with Crippen molar-refractivity contribution in [1.82, 2.24) is 34.6 Å². The molecule has 1 saturated heterocycles. The van der Waals surface area contributed by atoms with Crippen LogP contribution in [0.2, 0.25) is 0 Å². The maximum atomic E-state index is 5.42. The summed E-state index contributed by atoms with van der Waals surface area (Å²) in [4.78, 5) is 19.3. The van der Waals surface area contributed by atoms with Crippen molar-refractivity contribution in [2.75, 3.05) is 32.8 Å². The second-order valence-corrected chi connectivity index (χ2v) is 8.05. The minimum atomic E-state index is 0.818. The Labute approximate surface area is 184 Å². The molecule has 8 heteroatoms. The zero-order chi connectivity index (χ0) is 21.3. The van der Waals surface area contributed by atoms with Gasteiger partial charge in [-0.2, -0.15) is 5.10 Å². The monoisotopic (exact) mass is 425 g/mol. The van der Waals surface area contributed by atoms with Crippen molar-refractivity contribution >= 4 is 21.9 Å². The topological polar surface area (TPSA) is 84.8 Å². The fraction of sp³-hybridized carbons (Fsp3) is 0.250. The molecule has 6 rings (SSSR count). The molecule has 32 heavy (non-hydrogen) atoms. The van der Waals surface area contributed by atoms with Gasteiger partial charge in [0.15, 0.2) is 0 Å². The molecule has 6 heterocycles. The second kappa shape index (κ2) is 8.14. The zero-order valence-electron chi connectivity index (χ0n) is 17.6. The molecular weight excluding hydrogens is 402 g/mol. The van der Waals surface area contributed by atoms with Gasteiger partial charge in [0.1, 0.15) is 5.65 Å². The van der Waals surface area contributed by atoms with E-state index in [1.54, 1.807) is 6.20 Å². The van der Waals surface area contributed by atoms with Gasteiger partial charge in [-0.05, 0) is 24.3 Å². The number of ether oxygens (including phenoxy) is 1. The molecule has 1 N–H and O–H groups in total. The lowest BCUT2D eigenvalue weighted by Gasteiger charge is -2.26. The first-order valence-corrected chi connectivity index (χ1v) is 10.8. The van der Waals surface area contributed by atoms with Gasteiger partial charge in [0.2, 0.25) is 0 Å². The van der Waals surface area contributed by atoms with Crippen LogP contribution in [0.5, 0.6) is 0 Å². The number of H-pyrrole nitrogens is 1. The summed E-state index contributed by atoms with van der Waals surface area (Å²) in [5.41, 5.74) is 5.84. The number of rotatable bonds is 5. The summed E-state index contributed by atoms with van der Waals surface area (Å²) >= 11 is 0. The molecule has 0 radical (unpaired) electrons. The summed E-state index contributed by atoms with van der Waals surface area (Å²) in [6, 6.07) is 8.22. The predicted octanol–water partition coefficient (Wildman–Crippen LogP) is 3.37. The first-order chi connectivity index (χ1) is 15.8. The standard InChI is InChI=1S/C24H23N7O/c1-2-17(12-25-3-1)22-11-20-21-10-18(13-27-24(21)29-23(20)15-26-22)19-14-28-31(16-19)5-4-30-6-8-32-9-7-30/h1-3,10-16H,4-9H2,(H,27,29). The Balaban J connectivity index is 1.30. The number of morpholine rings is 1. The van der Waals surface area contributed by atoms with Gasteiger partial charge >= 0.3 is 0 Å². The third kappa shape index (κ3) is 3.63. The van der Waals surface area contributed by atoms with Gasteiger partial charge in [0.25, 0.3) is 0 Å². The van der Waals surface area contributed by atoms with Crippen molar-refractivity contribution in [2.45, 2.75) is 6.54 Å². The van der Waals surface area contributed by atoms with E-state index in [1.165, 1.54) is 0 Å². The van der Waals surface area contributed by atoms with Crippen LogP contribution in [0, 0.1) is 0 Å². The third-order valence-electron chi connectivity index (χ3n) is 6.01. The molecule has 5 aromatic rings. The highest BCUT2D eigenvalue weighted by Gasteiger charge is 2.12. The minimum absolute atomic E-state index is 0.818. The molecule has 1 aliphatic rings. The van der Waals surface area contributed by atoms with E-state index in [0.717, 1.165) is 83.7 Å². The number of hydrogen-bond donors (Lipinski definition) is 1. The van der Waals surface area contributed by atoms with Crippen molar-refractivity contribution < 1.29 is 4.74 Å². The largest absolute Gasteiger partial charge is 0.379 e. The van der Waals surface area contributed by atoms with E-state index in [-0.39, 0.29) is 0 Å². The maximum absolute atomic E-state index is 5.42. The van der Waals surface area contributed by atoms with Gasteiger partial charge in [0, 0.05) is 71.9 Å². The molecule has 0 atom stereocenters. The molecule has 1 aliphatic heterocycles.